The fraction of sp³-hybridized carbons (Fsp3) is 0.250. The number of aromatic nitrogens is 1. The molecule has 4 heteroatoms. The smallest absolute Gasteiger partial charge is 0.222 e. The average Bonchev–Trinajstić information content (AvgIpc) is 1.96. The molecule has 3 nitrogen and oxygen atoms in total. The number of hydrogen-bond acceptors (Lipinski definition) is 2. The second-order valence-electron chi connectivity index (χ2n) is 2.50. The summed E-state index contributed by atoms with van der Waals surface area (Å²) >= 11 is 2.20. The summed E-state index contributed by atoms with van der Waals surface area (Å²) in [6.45, 7) is 3.45. The van der Waals surface area contributed by atoms with Crippen LogP contribution < -0.4 is 5.32 Å². The molecule has 12 heavy (non-hydrogen) atoms. The van der Waals surface area contributed by atoms with Gasteiger partial charge in [0.15, 0.2) is 0 Å². The van der Waals surface area contributed by atoms with Gasteiger partial charge in [0.05, 0.1) is 0 Å². The minimum Gasteiger partial charge on any atom is -0.311 e. The summed E-state index contributed by atoms with van der Waals surface area (Å²) in [5.41, 5.74) is 1.12. The third-order valence-electron chi connectivity index (χ3n) is 1.35. The first-order valence-electron chi connectivity index (χ1n) is 3.49. The maximum atomic E-state index is 10.7. The van der Waals surface area contributed by atoms with E-state index >= 15 is 0 Å². The summed E-state index contributed by atoms with van der Waals surface area (Å²) in [7, 11) is 0. The summed E-state index contributed by atoms with van der Waals surface area (Å²) in [5.74, 6) is 0.517. The lowest BCUT2D eigenvalue weighted by Gasteiger charge is -2.02. The lowest BCUT2D eigenvalue weighted by atomic mass is 10.3. The van der Waals surface area contributed by atoms with Gasteiger partial charge in [-0.2, -0.15) is 0 Å². The number of nitrogens with zero attached hydrogens (tertiary/aromatic N) is 1. The van der Waals surface area contributed by atoms with Crippen molar-refractivity contribution in [1.29, 1.82) is 0 Å². The number of carbonyl (C=O) groups is 1. The third-order valence-corrected chi connectivity index (χ3v) is 2.48. The fourth-order valence-electron chi connectivity index (χ4n) is 0.788. The van der Waals surface area contributed by atoms with E-state index in [2.05, 4.69) is 32.9 Å². The molecule has 1 N–H and O–H groups in total. The van der Waals surface area contributed by atoms with Crippen molar-refractivity contribution in [1.82, 2.24) is 4.98 Å². The zero-order valence-electron chi connectivity index (χ0n) is 6.89. The summed E-state index contributed by atoms with van der Waals surface area (Å²) in [5, 5.41) is 2.62. The van der Waals surface area contributed by atoms with Gasteiger partial charge in [-0.25, -0.2) is 4.98 Å². The van der Waals surface area contributed by atoms with Crippen molar-refractivity contribution in [3.05, 3.63) is 21.4 Å². The molecule has 1 heterocycles. The van der Waals surface area contributed by atoms with Gasteiger partial charge in [-0.15, -0.1) is 0 Å². The number of hydrogen-bond donors (Lipinski definition) is 1. The third kappa shape index (κ3) is 2.44. The first-order chi connectivity index (χ1) is 5.59. The molecular weight excluding hydrogens is 267 g/mol. The van der Waals surface area contributed by atoms with Gasteiger partial charge in [-0.05, 0) is 41.1 Å². The molecule has 0 fully saturated rings. The average molecular weight is 276 g/mol. The molecule has 0 saturated heterocycles. The maximum absolute atomic E-state index is 10.7. The topological polar surface area (TPSA) is 42.0 Å². The van der Waals surface area contributed by atoms with E-state index in [1.54, 1.807) is 6.20 Å². The van der Waals surface area contributed by atoms with Crippen molar-refractivity contribution < 1.29 is 4.79 Å². The van der Waals surface area contributed by atoms with Crippen molar-refractivity contribution >= 4 is 34.3 Å². The number of pyridine rings is 1. The monoisotopic (exact) mass is 276 g/mol. The van der Waals surface area contributed by atoms with E-state index in [1.807, 2.05) is 13.0 Å². The van der Waals surface area contributed by atoms with Crippen LogP contribution in [0.15, 0.2) is 12.3 Å². The number of anilines is 1. The van der Waals surface area contributed by atoms with E-state index in [9.17, 15) is 4.79 Å². The van der Waals surface area contributed by atoms with Crippen LogP contribution in [0, 0.1) is 10.5 Å². The number of halogens is 1. The Hall–Kier alpha value is -0.650. The standard InChI is InChI=1S/C8H9IN2O/c1-5-3-8(11-6(2)12)10-4-7(5)9/h3-4H,1-2H3,(H,10,11,12). The Morgan fingerprint density at radius 3 is 2.83 bits per heavy atom. The van der Waals surface area contributed by atoms with Crippen LogP contribution in [0.3, 0.4) is 0 Å². The van der Waals surface area contributed by atoms with Crippen molar-refractivity contribution in [2.45, 2.75) is 13.8 Å². The SMILES string of the molecule is CC(=O)Nc1cc(C)c(I)cn1. The quantitative estimate of drug-likeness (QED) is 0.796. The summed E-state index contributed by atoms with van der Waals surface area (Å²) in [6.07, 6.45) is 1.74. The minimum atomic E-state index is -0.0943. The van der Waals surface area contributed by atoms with Crippen molar-refractivity contribution in [3.63, 3.8) is 0 Å². The van der Waals surface area contributed by atoms with Gasteiger partial charge >= 0.3 is 0 Å². The molecule has 0 aliphatic rings. The molecule has 0 atom stereocenters. The Morgan fingerprint density at radius 1 is 1.67 bits per heavy atom. The molecule has 1 aromatic rings. The zero-order valence-corrected chi connectivity index (χ0v) is 9.05. The van der Waals surface area contributed by atoms with Gasteiger partial charge in [0.25, 0.3) is 0 Å². The first-order valence-corrected chi connectivity index (χ1v) is 4.57. The number of amides is 1. The summed E-state index contributed by atoms with van der Waals surface area (Å²) < 4.78 is 1.10. The maximum Gasteiger partial charge on any atom is 0.222 e. The molecule has 0 radical (unpaired) electrons. The molecule has 0 unspecified atom stereocenters. The molecule has 1 aromatic heterocycles. The van der Waals surface area contributed by atoms with Crippen molar-refractivity contribution in [2.24, 2.45) is 0 Å². The summed E-state index contributed by atoms with van der Waals surface area (Å²) in [6, 6.07) is 1.85. The second kappa shape index (κ2) is 3.84. The Bertz CT molecular complexity index is 312. The predicted octanol–water partition coefficient (Wildman–Crippen LogP) is 1.95. The van der Waals surface area contributed by atoms with E-state index in [4.69, 9.17) is 0 Å². The normalized spacial score (nSPS) is 9.58. The Kier molecular flexibility index (Phi) is 3.02. The van der Waals surface area contributed by atoms with E-state index in [0.717, 1.165) is 9.13 Å². The van der Waals surface area contributed by atoms with Gasteiger partial charge in [0.2, 0.25) is 5.91 Å². The Morgan fingerprint density at radius 2 is 2.33 bits per heavy atom. The number of rotatable bonds is 1. The molecular formula is C8H9IN2O. The zero-order chi connectivity index (χ0) is 9.14. The molecule has 1 amide bonds. The Balaban J connectivity index is 2.89. The second-order valence-corrected chi connectivity index (χ2v) is 3.66. The van der Waals surface area contributed by atoms with Gasteiger partial charge in [-0.3, -0.25) is 4.79 Å². The predicted molar refractivity (Wildman–Crippen MR) is 56.0 cm³/mol. The van der Waals surface area contributed by atoms with Gasteiger partial charge < -0.3 is 5.32 Å². The highest BCUT2D eigenvalue weighted by atomic mass is 127. The molecule has 0 spiro atoms. The van der Waals surface area contributed by atoms with Crippen molar-refractivity contribution in [2.75, 3.05) is 5.32 Å². The van der Waals surface area contributed by atoms with Gasteiger partial charge in [0, 0.05) is 16.7 Å². The van der Waals surface area contributed by atoms with E-state index < -0.39 is 0 Å². The van der Waals surface area contributed by atoms with E-state index in [0.29, 0.717) is 5.82 Å². The largest absolute Gasteiger partial charge is 0.311 e. The highest BCUT2D eigenvalue weighted by Gasteiger charge is 1.99. The van der Waals surface area contributed by atoms with Crippen LogP contribution in [-0.2, 0) is 4.79 Å². The van der Waals surface area contributed by atoms with Crippen LogP contribution in [0.25, 0.3) is 0 Å². The van der Waals surface area contributed by atoms with Crippen LogP contribution in [0.5, 0.6) is 0 Å². The molecule has 0 aromatic carbocycles. The molecule has 0 saturated carbocycles. The highest BCUT2D eigenvalue weighted by molar-refractivity contribution is 14.1. The molecule has 0 bridgehead atoms. The lowest BCUT2D eigenvalue weighted by molar-refractivity contribution is -0.114. The van der Waals surface area contributed by atoms with Crippen LogP contribution in [-0.4, -0.2) is 10.9 Å². The van der Waals surface area contributed by atoms with Crippen molar-refractivity contribution in [3.8, 4) is 0 Å². The van der Waals surface area contributed by atoms with Gasteiger partial charge in [-0.1, -0.05) is 0 Å². The fourth-order valence-corrected chi connectivity index (χ4v) is 1.08. The van der Waals surface area contributed by atoms with E-state index in [-0.39, 0.29) is 5.91 Å². The van der Waals surface area contributed by atoms with Crippen LogP contribution in [0.2, 0.25) is 0 Å². The Labute approximate surface area is 84.7 Å². The molecule has 0 aliphatic carbocycles. The molecule has 64 valence electrons. The first kappa shape index (κ1) is 9.44. The lowest BCUT2D eigenvalue weighted by Crippen LogP contribution is -2.07. The number of aryl methyl sites for hydroxylation is 1. The van der Waals surface area contributed by atoms with Crippen LogP contribution in [0.4, 0.5) is 5.82 Å². The summed E-state index contributed by atoms with van der Waals surface area (Å²) in [4.78, 5) is 14.7. The number of nitrogens with one attached hydrogen (secondary N) is 1. The highest BCUT2D eigenvalue weighted by Crippen LogP contribution is 2.13. The van der Waals surface area contributed by atoms with E-state index in [1.165, 1.54) is 6.92 Å². The molecule has 1 rings (SSSR count). The minimum absolute atomic E-state index is 0.0943. The molecule has 0 aliphatic heterocycles. The number of carbonyl (C=O) groups excluding carboxylic acids is 1. The van der Waals surface area contributed by atoms with Crippen LogP contribution in [0.1, 0.15) is 12.5 Å². The van der Waals surface area contributed by atoms with Crippen LogP contribution >= 0.6 is 22.6 Å². The van der Waals surface area contributed by atoms with Gasteiger partial charge in [0.1, 0.15) is 5.82 Å².